The second-order valence-corrected chi connectivity index (χ2v) is 17.7. The zero-order valence-corrected chi connectivity index (χ0v) is 39.5. The average molecular weight is 1020 g/mol. The zero-order valence-electron chi connectivity index (χ0n) is 40.3. The minimum absolute atomic E-state index is 0. The van der Waals surface area contributed by atoms with Crippen molar-refractivity contribution in [1.82, 2.24) is 14.5 Å². The van der Waals surface area contributed by atoms with Gasteiger partial charge in [0.25, 0.3) is 0 Å². The molecule has 3 aromatic heterocycles. The Balaban J connectivity index is 0.000000244. The maximum Gasteiger partial charge on any atom is 0.0774 e. The van der Waals surface area contributed by atoms with Gasteiger partial charge < -0.3 is 9.55 Å². The summed E-state index contributed by atoms with van der Waals surface area (Å²) in [6.45, 7) is 10.3. The minimum atomic E-state index is -2.26. The summed E-state index contributed by atoms with van der Waals surface area (Å²) in [7, 11) is 0. The van der Waals surface area contributed by atoms with Gasteiger partial charge in [0.05, 0.1) is 16.9 Å². The molecule has 0 spiro atoms. The van der Waals surface area contributed by atoms with E-state index in [1.807, 2.05) is 29.5 Å². The third kappa shape index (κ3) is 8.71. The number of nitrogens with zero attached hydrogens (tertiary/aromatic N) is 3. The number of benzene rings is 7. The molecule has 5 heteroatoms. The summed E-state index contributed by atoms with van der Waals surface area (Å²) >= 11 is 1.84. The second kappa shape index (κ2) is 18.8. The number of thiophene rings is 1. The quantitative estimate of drug-likeness (QED) is 0.142. The molecule has 0 aliphatic rings. The van der Waals surface area contributed by atoms with Crippen LogP contribution in [0, 0.1) is 19.0 Å². The maximum atomic E-state index is 8.16. The first-order valence-corrected chi connectivity index (χ1v) is 22.1. The van der Waals surface area contributed by atoms with Crippen molar-refractivity contribution in [2.75, 3.05) is 0 Å². The first kappa shape index (κ1) is 38.7. The maximum absolute atomic E-state index is 8.16. The molecular weight excluding hydrogens is 963 g/mol. The van der Waals surface area contributed by atoms with Crippen molar-refractivity contribution >= 4 is 42.5 Å². The van der Waals surface area contributed by atoms with Crippen molar-refractivity contribution in [3.05, 3.63) is 198 Å². The van der Waals surface area contributed by atoms with E-state index in [0.717, 1.165) is 28.0 Å². The van der Waals surface area contributed by atoms with Crippen molar-refractivity contribution in [3.8, 4) is 50.6 Å². The second-order valence-electron chi connectivity index (χ2n) is 16.6. The van der Waals surface area contributed by atoms with Gasteiger partial charge in [-0.3, -0.25) is 4.98 Å². The fraction of sp³-hybridized carbons (Fsp3) is 0.172. The molecular formula is C58H51IrN3S-2. The molecule has 10 aromatic rings. The molecule has 315 valence electrons. The van der Waals surface area contributed by atoms with Gasteiger partial charge in [0.15, 0.2) is 0 Å². The Bertz CT molecular complexity index is 3300. The summed E-state index contributed by atoms with van der Waals surface area (Å²) < 4.78 is 35.8. The molecule has 0 fully saturated rings. The molecule has 0 atom stereocenters. The van der Waals surface area contributed by atoms with E-state index in [-0.39, 0.29) is 25.7 Å². The number of fused-ring (bicyclic) bond motifs is 4. The van der Waals surface area contributed by atoms with Crippen LogP contribution in [0.25, 0.3) is 81.8 Å². The Morgan fingerprint density at radius 3 is 1.94 bits per heavy atom. The van der Waals surface area contributed by atoms with Crippen LogP contribution < -0.4 is 0 Å². The van der Waals surface area contributed by atoms with Crippen LogP contribution >= 0.6 is 11.3 Å². The van der Waals surface area contributed by atoms with Crippen molar-refractivity contribution in [1.29, 1.82) is 0 Å². The van der Waals surface area contributed by atoms with Gasteiger partial charge in [-0.2, -0.15) is 11.3 Å². The van der Waals surface area contributed by atoms with Crippen LogP contribution in [0.2, 0.25) is 0 Å². The topological polar surface area (TPSA) is 30.7 Å². The van der Waals surface area contributed by atoms with Crippen LogP contribution in [0.15, 0.2) is 164 Å². The number of aromatic nitrogens is 3. The third-order valence-electron chi connectivity index (χ3n) is 11.5. The molecule has 0 aliphatic heterocycles. The fourth-order valence-corrected chi connectivity index (χ4v) is 9.56. The Morgan fingerprint density at radius 1 is 0.619 bits per heavy atom. The van der Waals surface area contributed by atoms with Gasteiger partial charge in [-0.25, -0.2) is 0 Å². The van der Waals surface area contributed by atoms with E-state index in [4.69, 9.17) is 10.5 Å². The largest absolute Gasteiger partial charge is 0.333 e. The first-order chi connectivity index (χ1) is 31.7. The summed E-state index contributed by atoms with van der Waals surface area (Å²) in [5.74, 6) is 0.560. The van der Waals surface area contributed by atoms with Crippen molar-refractivity contribution in [3.63, 3.8) is 0 Å². The fourth-order valence-electron chi connectivity index (χ4n) is 8.32. The van der Waals surface area contributed by atoms with Crippen LogP contribution in [0.4, 0.5) is 0 Å². The molecule has 0 saturated carbocycles. The predicted octanol–water partition coefficient (Wildman–Crippen LogP) is 16.4. The summed E-state index contributed by atoms with van der Waals surface area (Å²) in [4.78, 5) is 9.58. The Kier molecular flexibility index (Phi) is 11.5. The van der Waals surface area contributed by atoms with Gasteiger partial charge in [0, 0.05) is 42.2 Å². The van der Waals surface area contributed by atoms with E-state index in [0.29, 0.717) is 23.1 Å². The van der Waals surface area contributed by atoms with Gasteiger partial charge in [-0.1, -0.05) is 143 Å². The molecule has 1 radical (unpaired) electrons. The van der Waals surface area contributed by atoms with E-state index in [1.165, 1.54) is 65.4 Å². The van der Waals surface area contributed by atoms with E-state index in [9.17, 15) is 0 Å². The van der Waals surface area contributed by atoms with Gasteiger partial charge in [-0.15, -0.1) is 54.1 Å². The smallest absolute Gasteiger partial charge is 0.0774 e. The third-order valence-corrected chi connectivity index (χ3v) is 12.7. The molecule has 0 unspecified atom stereocenters. The number of hydrogen-bond acceptors (Lipinski definition) is 3. The van der Waals surface area contributed by atoms with E-state index < -0.39 is 12.7 Å². The van der Waals surface area contributed by atoms with Crippen LogP contribution in [0.1, 0.15) is 87.0 Å². The van der Waals surface area contributed by atoms with E-state index in [1.54, 1.807) is 26.0 Å². The number of pyridine rings is 1. The Labute approximate surface area is 395 Å². The molecule has 3 heterocycles. The number of rotatable bonds is 8. The first-order valence-electron chi connectivity index (χ1n) is 23.3. The van der Waals surface area contributed by atoms with Crippen LogP contribution in [-0.2, 0) is 20.1 Å². The summed E-state index contributed by atoms with van der Waals surface area (Å²) in [6.07, 6.45) is 1.36. The summed E-state index contributed by atoms with van der Waals surface area (Å²) in [6, 6.07) is 61.6. The van der Waals surface area contributed by atoms with E-state index in [2.05, 4.69) is 177 Å². The number of hydrogen-bond donors (Lipinski definition) is 0. The number of aryl methyl sites for hydroxylation is 1. The SMILES string of the molecule is CC(C)c1cc(-c2ccccc2)cc(C(C)C)c1-n1c(-c2[c-]ccc3c2sc2cc(-c4ccccc4)ccc23)nc2ccccc21.[2H]C([2H])([2H])c1cnc(-c2[c-]cccc2)cc1C([2H])(C)C.[Ir]. The van der Waals surface area contributed by atoms with Crippen LogP contribution in [0.5, 0.6) is 0 Å². The van der Waals surface area contributed by atoms with Gasteiger partial charge in [0.1, 0.15) is 0 Å². The molecule has 0 amide bonds. The molecule has 7 aromatic carbocycles. The zero-order chi connectivity index (χ0) is 46.3. The molecule has 0 saturated heterocycles. The molecule has 3 nitrogen and oxygen atoms in total. The summed E-state index contributed by atoms with van der Waals surface area (Å²) in [5.41, 5.74) is 14.0. The van der Waals surface area contributed by atoms with Gasteiger partial charge >= 0.3 is 0 Å². The molecule has 0 N–H and O–H groups in total. The minimum Gasteiger partial charge on any atom is -0.333 e. The van der Waals surface area contributed by atoms with Crippen LogP contribution in [-0.4, -0.2) is 14.5 Å². The number of imidazole rings is 1. The average Bonchev–Trinajstić information content (AvgIpc) is 3.90. The molecule has 63 heavy (non-hydrogen) atoms. The van der Waals surface area contributed by atoms with Crippen molar-refractivity contribution in [2.45, 2.75) is 66.1 Å². The number of para-hydroxylation sites is 2. The Hall–Kier alpha value is -5.97. The summed E-state index contributed by atoms with van der Waals surface area (Å²) in [5, 5.41) is 2.52. The Morgan fingerprint density at radius 2 is 1.29 bits per heavy atom. The molecule has 0 bridgehead atoms. The van der Waals surface area contributed by atoms with Crippen molar-refractivity contribution < 1.29 is 25.6 Å². The predicted molar refractivity (Wildman–Crippen MR) is 265 cm³/mol. The molecule has 10 rings (SSSR count). The van der Waals surface area contributed by atoms with Crippen LogP contribution in [0.3, 0.4) is 0 Å². The monoisotopic (exact) mass is 1020 g/mol. The molecule has 0 aliphatic carbocycles. The van der Waals surface area contributed by atoms with Gasteiger partial charge in [0.2, 0.25) is 0 Å². The van der Waals surface area contributed by atoms with E-state index >= 15 is 0 Å². The standard InChI is InChI=1S/C43H35N2S.C15H16N.Ir/c1-27(2)36-24-32(30-16-9-6-10-17-30)25-37(28(3)4)41(36)45-39-21-12-11-20-38(39)44-43(45)35-19-13-18-34-33-23-22-31(26-40(33)46-42(34)35)29-14-7-5-8-15-29;1-11(2)14-9-15(16-10-12(14)3)13-7-5-4-6-8-13;/h5-18,20-28H,1-4H3;4-7,9-11H,1-3H3;/q2*-1;/i;3D3,11D;. The van der Waals surface area contributed by atoms with Gasteiger partial charge in [-0.05, 0) is 115 Å². The normalized spacial score (nSPS) is 12.7. The van der Waals surface area contributed by atoms with Crippen molar-refractivity contribution in [2.24, 2.45) is 0 Å².